The third kappa shape index (κ3) is 6.90. The maximum atomic E-state index is 14.1. The van der Waals surface area contributed by atoms with Gasteiger partial charge in [-0.05, 0) is 75.3 Å². The summed E-state index contributed by atoms with van der Waals surface area (Å²) in [6.07, 6.45) is 5.27. The largest absolute Gasteiger partial charge is 0.503 e. The van der Waals surface area contributed by atoms with Gasteiger partial charge in [0.15, 0.2) is 35.3 Å². The predicted octanol–water partition coefficient (Wildman–Crippen LogP) is 5.39. The molecule has 6 aliphatic heterocycles. The van der Waals surface area contributed by atoms with Crippen molar-refractivity contribution >= 4 is 23.6 Å². The molecule has 8 aliphatic rings. The minimum atomic E-state index is -0.931. The van der Waals surface area contributed by atoms with Crippen LogP contribution in [0.2, 0.25) is 0 Å². The molecule has 0 radical (unpaired) electrons. The summed E-state index contributed by atoms with van der Waals surface area (Å²) in [5.74, 6) is -6.73. The van der Waals surface area contributed by atoms with Gasteiger partial charge in [0.25, 0.3) is 23.6 Å². The van der Waals surface area contributed by atoms with Crippen LogP contribution < -0.4 is 26.2 Å². The van der Waals surface area contributed by atoms with E-state index in [4.69, 9.17) is 14.2 Å². The second-order valence-corrected chi connectivity index (χ2v) is 19.4. The Balaban J connectivity index is 0.000000151. The average Bonchev–Trinajstić information content (AvgIpc) is 4.07. The van der Waals surface area contributed by atoms with Crippen LogP contribution in [0.25, 0.3) is 0 Å². The molecule has 2 saturated carbocycles. The van der Waals surface area contributed by atoms with Gasteiger partial charge in [-0.25, -0.2) is 17.6 Å². The second kappa shape index (κ2) is 16.6. The van der Waals surface area contributed by atoms with Gasteiger partial charge in [0, 0.05) is 59.8 Å². The van der Waals surface area contributed by atoms with Crippen molar-refractivity contribution in [3.05, 3.63) is 125 Å². The van der Waals surface area contributed by atoms with Gasteiger partial charge in [0.05, 0.1) is 31.4 Å². The highest BCUT2D eigenvalue weighted by Crippen LogP contribution is 2.52. The fourth-order valence-electron chi connectivity index (χ4n) is 12.5. The fourth-order valence-corrected chi connectivity index (χ4v) is 12.5. The van der Waals surface area contributed by atoms with E-state index in [2.05, 4.69) is 10.6 Å². The first-order valence-electron chi connectivity index (χ1n) is 23.3. The van der Waals surface area contributed by atoms with Crippen molar-refractivity contribution in [3.8, 4) is 11.5 Å². The molecule has 4 amide bonds. The maximum Gasteiger partial charge on any atom is 0.276 e. The lowest BCUT2D eigenvalue weighted by atomic mass is 9.98. The van der Waals surface area contributed by atoms with Crippen molar-refractivity contribution in [2.75, 3.05) is 7.11 Å². The van der Waals surface area contributed by atoms with Gasteiger partial charge in [-0.3, -0.25) is 28.8 Å². The zero-order valence-electron chi connectivity index (χ0n) is 37.7. The standard InChI is InChI=1S/C25H25F2N3O5.C24H23F2N3O5/c1-11-7-17-25-29(14-5-6-15(9-14)35-25)24(33)20-22(34-2)21(31)18(19(11)30(17)20)23(32)28-10-12-3-4-13(26)8-16(12)27;1-10-6-16-24-28(13-4-5-14(8-13)34-24)23(33)19-21(31)20(30)17(18(10)29(16)19)22(32)27-9-11-2-3-12(25)7-15(11)26/h3-4,8,11,14-15,17,25H,5-7,9-10H2,1-2H3,(H,28,32);2-3,7,10,13-14,16,24,31H,4-6,8-9H2,1H3,(H,27,32)/t11?,14?,15?,17-,25-;10?,13?,14?,16-,24-/m11/s1. The number of halogens is 4. The minimum Gasteiger partial charge on any atom is -0.503 e. The lowest BCUT2D eigenvalue weighted by Crippen LogP contribution is -2.58. The summed E-state index contributed by atoms with van der Waals surface area (Å²) in [5.41, 5.74) is -0.958. The van der Waals surface area contributed by atoms with Crippen molar-refractivity contribution in [3.63, 3.8) is 0 Å². The van der Waals surface area contributed by atoms with Crippen LogP contribution in [0, 0.1) is 23.3 Å². The van der Waals surface area contributed by atoms with Crippen LogP contribution in [0.3, 0.4) is 0 Å². The number of carbonyl (C=O) groups excluding carboxylic acids is 4. The molecule has 4 fully saturated rings. The smallest absolute Gasteiger partial charge is 0.276 e. The van der Waals surface area contributed by atoms with Gasteiger partial charge >= 0.3 is 0 Å². The van der Waals surface area contributed by atoms with Crippen molar-refractivity contribution in [1.29, 1.82) is 0 Å². The van der Waals surface area contributed by atoms with Crippen molar-refractivity contribution < 1.29 is 56.1 Å². The van der Waals surface area contributed by atoms with Gasteiger partial charge < -0.3 is 48.9 Å². The second-order valence-electron chi connectivity index (χ2n) is 19.4. The van der Waals surface area contributed by atoms with Gasteiger partial charge in [0.1, 0.15) is 34.4 Å². The molecule has 2 aliphatic carbocycles. The van der Waals surface area contributed by atoms with E-state index < -0.39 is 70.1 Å². The number of hydrogen-bond acceptors (Lipinski definition) is 10. The Bertz CT molecular complexity index is 3030. The Morgan fingerprint density at radius 3 is 1.58 bits per heavy atom. The third-order valence-electron chi connectivity index (χ3n) is 15.4. The number of aromatic nitrogens is 2. The molecule has 16 nitrogen and oxygen atoms in total. The van der Waals surface area contributed by atoms with Crippen LogP contribution in [0.5, 0.6) is 11.5 Å². The Labute approximate surface area is 391 Å². The SMILES string of the molecule is CC1C[C@@H]2[C@H]3OC4CCC(C4)N3C(=O)c3c(O)c(=O)c(C(=O)NCc4ccc(F)cc4F)c1n32.COc1c2n3c(c(C(=O)NCc4ccc(F)cc4F)c1=O)C(C)C[C@@H]3[C@H]1OC3CCC(C3)N1C2=O. The molecule has 362 valence electrons. The number of fused-ring (bicyclic) bond motifs is 10. The number of ether oxygens (including phenoxy) is 3. The van der Waals surface area contributed by atoms with Crippen LogP contribution in [0.4, 0.5) is 17.6 Å². The number of methoxy groups -OCH3 is 1. The van der Waals surface area contributed by atoms with E-state index in [1.165, 1.54) is 19.2 Å². The zero-order valence-corrected chi connectivity index (χ0v) is 37.7. The first-order valence-corrected chi connectivity index (χ1v) is 23.3. The van der Waals surface area contributed by atoms with E-state index in [1.54, 1.807) is 18.9 Å². The lowest BCUT2D eigenvalue weighted by molar-refractivity contribution is -0.147. The summed E-state index contributed by atoms with van der Waals surface area (Å²) in [7, 11) is 1.31. The number of amides is 4. The molecule has 8 heterocycles. The number of benzene rings is 2. The van der Waals surface area contributed by atoms with E-state index in [9.17, 15) is 51.4 Å². The average molecular weight is 957 g/mol. The number of hydrogen-bond donors (Lipinski definition) is 3. The van der Waals surface area contributed by atoms with E-state index in [0.29, 0.717) is 30.3 Å². The van der Waals surface area contributed by atoms with E-state index >= 15 is 0 Å². The molecule has 69 heavy (non-hydrogen) atoms. The molecule has 20 heteroatoms. The Kier molecular flexibility index (Phi) is 10.8. The Hall–Kier alpha value is -6.54. The number of rotatable bonds is 7. The van der Waals surface area contributed by atoms with Gasteiger partial charge in [0.2, 0.25) is 10.9 Å². The number of pyridine rings is 2. The van der Waals surface area contributed by atoms with Gasteiger partial charge in [-0.1, -0.05) is 26.0 Å². The van der Waals surface area contributed by atoms with Crippen LogP contribution in [0.15, 0.2) is 46.0 Å². The van der Waals surface area contributed by atoms with E-state index in [1.807, 2.05) is 13.8 Å². The summed E-state index contributed by atoms with van der Waals surface area (Å²) in [5, 5.41) is 15.9. The molecular weight excluding hydrogens is 909 g/mol. The highest BCUT2D eigenvalue weighted by Gasteiger charge is 2.57. The maximum absolute atomic E-state index is 14.1. The van der Waals surface area contributed by atoms with E-state index in [0.717, 1.165) is 56.7 Å². The van der Waals surface area contributed by atoms with Gasteiger partial charge in [-0.2, -0.15) is 0 Å². The first-order chi connectivity index (χ1) is 33.1. The molecule has 2 saturated heterocycles. The number of aromatic hydroxyl groups is 1. The monoisotopic (exact) mass is 956 g/mol. The highest BCUT2D eigenvalue weighted by molar-refractivity contribution is 6.02. The quantitative estimate of drug-likeness (QED) is 0.203. The molecule has 4 bridgehead atoms. The molecule has 4 aromatic rings. The number of nitrogens with one attached hydrogen (secondary N) is 2. The minimum absolute atomic E-state index is 0.00689. The summed E-state index contributed by atoms with van der Waals surface area (Å²) in [4.78, 5) is 83.7. The molecule has 2 aromatic heterocycles. The molecule has 0 spiro atoms. The first kappa shape index (κ1) is 44.9. The summed E-state index contributed by atoms with van der Waals surface area (Å²) in [6.45, 7) is 3.27. The van der Waals surface area contributed by atoms with E-state index in [-0.39, 0.29) is 107 Å². The normalized spacial score (nSPS) is 28.3. The summed E-state index contributed by atoms with van der Waals surface area (Å²) >= 11 is 0. The molecule has 10 atom stereocenters. The zero-order chi connectivity index (χ0) is 48.5. The third-order valence-corrected chi connectivity index (χ3v) is 15.4. The van der Waals surface area contributed by atoms with Crippen LogP contribution in [0.1, 0.15) is 153 Å². The molecule has 3 N–H and O–H groups in total. The fraction of sp³-hybridized carbons (Fsp3) is 0.469. The van der Waals surface area contributed by atoms with Crippen molar-refractivity contribution in [2.24, 2.45) is 0 Å². The lowest BCUT2D eigenvalue weighted by Gasteiger charge is -2.47. The van der Waals surface area contributed by atoms with Crippen molar-refractivity contribution in [2.45, 2.75) is 139 Å². The summed E-state index contributed by atoms with van der Waals surface area (Å²) in [6, 6.07) is 5.57. The Morgan fingerprint density at radius 2 is 1.12 bits per heavy atom. The number of nitrogens with zero attached hydrogens (tertiary/aromatic N) is 4. The van der Waals surface area contributed by atoms with Crippen LogP contribution >= 0.6 is 0 Å². The van der Waals surface area contributed by atoms with Gasteiger partial charge in [-0.15, -0.1) is 0 Å². The van der Waals surface area contributed by atoms with Crippen LogP contribution in [-0.2, 0) is 22.6 Å². The number of carbonyl (C=O) groups is 4. The molecule has 2 aromatic carbocycles. The highest BCUT2D eigenvalue weighted by atomic mass is 19.1. The topological polar surface area (TPSA) is 191 Å². The van der Waals surface area contributed by atoms with Crippen molar-refractivity contribution in [1.82, 2.24) is 29.6 Å². The summed E-state index contributed by atoms with van der Waals surface area (Å²) < 4.78 is 75.9. The molecular formula is C49H48F4N6O10. The molecule has 12 rings (SSSR count). The predicted molar refractivity (Wildman–Crippen MR) is 234 cm³/mol. The Morgan fingerprint density at radius 1 is 0.667 bits per heavy atom. The molecule has 6 unspecified atom stereocenters. The van der Waals surface area contributed by atoms with Crippen LogP contribution in [-0.4, -0.2) is 91.5 Å².